The molecule has 2 aromatic rings. The van der Waals surface area contributed by atoms with E-state index >= 15 is 0 Å². The zero-order valence-corrected chi connectivity index (χ0v) is 18.9. The number of ether oxygens (including phenoxy) is 2. The third-order valence-electron chi connectivity index (χ3n) is 8.59. The number of hydrogen-bond acceptors (Lipinski definition) is 7. The standard InChI is InChI=1S/C25H34N2O6/c1-2-13-7-12-8-17-20-15(5-6-27(10-12)21(13)17)16-9-14(3-4-18(16)26-20)32-25-24(31)23(30)22(29)19(11-28)33-25/h3-4,9,12-13,17,19,21-26,28-31H,2,5-8,10-11H2,1H3/t12-,13-,17-,19+,21?,22+,23-,24+,25?/m0/s1. The van der Waals surface area contributed by atoms with Crippen LogP contribution in [-0.2, 0) is 11.2 Å². The van der Waals surface area contributed by atoms with Crippen LogP contribution >= 0.6 is 0 Å². The predicted octanol–water partition coefficient (Wildman–Crippen LogP) is 1.11. The minimum atomic E-state index is -1.46. The number of nitrogens with one attached hydrogen (secondary N) is 1. The van der Waals surface area contributed by atoms with Crippen LogP contribution in [0.15, 0.2) is 18.2 Å². The van der Waals surface area contributed by atoms with E-state index in [9.17, 15) is 20.4 Å². The van der Waals surface area contributed by atoms with Gasteiger partial charge in [-0.05, 0) is 54.9 Å². The van der Waals surface area contributed by atoms with Gasteiger partial charge in [0.25, 0.3) is 0 Å². The van der Waals surface area contributed by atoms with Crippen molar-refractivity contribution in [2.24, 2.45) is 11.8 Å². The smallest absolute Gasteiger partial charge is 0.229 e. The maximum atomic E-state index is 10.3. The summed E-state index contributed by atoms with van der Waals surface area (Å²) in [7, 11) is 0. The zero-order chi connectivity index (χ0) is 22.9. The first kappa shape index (κ1) is 21.8. The molecule has 4 aliphatic heterocycles. The molecule has 3 unspecified atom stereocenters. The van der Waals surface area contributed by atoms with Crippen LogP contribution in [0.1, 0.15) is 43.4 Å². The third kappa shape index (κ3) is 3.42. The first-order valence-corrected chi connectivity index (χ1v) is 12.3. The van der Waals surface area contributed by atoms with Gasteiger partial charge in [0.15, 0.2) is 0 Å². The molecule has 5 N–H and O–H groups in total. The summed E-state index contributed by atoms with van der Waals surface area (Å²) >= 11 is 0. The van der Waals surface area contributed by atoms with Crippen molar-refractivity contribution in [3.63, 3.8) is 0 Å². The molecule has 1 saturated carbocycles. The average Bonchev–Trinajstić information content (AvgIpc) is 3.15. The molecule has 10 atom stereocenters. The number of aromatic amines is 1. The molecular weight excluding hydrogens is 424 g/mol. The van der Waals surface area contributed by atoms with Gasteiger partial charge in [-0.3, -0.25) is 4.90 Å². The Morgan fingerprint density at radius 1 is 1.15 bits per heavy atom. The molecule has 33 heavy (non-hydrogen) atoms. The van der Waals surface area contributed by atoms with Crippen LogP contribution < -0.4 is 4.74 Å². The van der Waals surface area contributed by atoms with E-state index in [0.717, 1.165) is 35.7 Å². The first-order valence-electron chi connectivity index (χ1n) is 12.3. The van der Waals surface area contributed by atoms with Crippen LogP contribution in [0.25, 0.3) is 10.9 Å². The third-order valence-corrected chi connectivity index (χ3v) is 8.59. The van der Waals surface area contributed by atoms with E-state index in [4.69, 9.17) is 9.47 Å². The quantitative estimate of drug-likeness (QED) is 0.466. The number of rotatable bonds is 4. The number of nitrogens with zero attached hydrogens (tertiary/aromatic N) is 1. The number of piperidine rings is 2. The molecule has 180 valence electrons. The molecule has 4 bridgehead atoms. The van der Waals surface area contributed by atoms with E-state index in [0.29, 0.717) is 17.7 Å². The van der Waals surface area contributed by atoms with Crippen molar-refractivity contribution < 1.29 is 29.9 Å². The Labute approximate surface area is 193 Å². The summed E-state index contributed by atoms with van der Waals surface area (Å²) in [5.41, 5.74) is 3.83. The highest BCUT2D eigenvalue weighted by molar-refractivity contribution is 5.86. The second kappa shape index (κ2) is 8.22. The average molecular weight is 459 g/mol. The Morgan fingerprint density at radius 2 is 2.00 bits per heavy atom. The molecule has 5 heterocycles. The monoisotopic (exact) mass is 458 g/mol. The lowest BCUT2D eigenvalue weighted by atomic mass is 9.65. The summed E-state index contributed by atoms with van der Waals surface area (Å²) in [6.07, 6.45) is -1.59. The van der Waals surface area contributed by atoms with E-state index in [2.05, 4.69) is 16.8 Å². The lowest BCUT2D eigenvalue weighted by Gasteiger charge is -2.53. The van der Waals surface area contributed by atoms with Crippen molar-refractivity contribution >= 4 is 10.9 Å². The fraction of sp³-hybridized carbons (Fsp3) is 0.680. The van der Waals surface area contributed by atoms with Gasteiger partial charge in [-0.2, -0.15) is 0 Å². The molecule has 8 heteroatoms. The molecule has 7 rings (SSSR count). The lowest BCUT2D eigenvalue weighted by Crippen LogP contribution is -2.60. The fourth-order valence-electron chi connectivity index (χ4n) is 7.04. The summed E-state index contributed by atoms with van der Waals surface area (Å²) in [4.78, 5) is 6.47. The van der Waals surface area contributed by atoms with Crippen molar-refractivity contribution in [3.8, 4) is 5.75 Å². The SMILES string of the molecule is CC[C@H]1C[C@H]2C[C@H]3c4[nH]c5ccc(OC6O[C@H](CO)[C@@H](O)[C@H](O)[C@H]6O)cc5c4CCN(C2)C13. The summed E-state index contributed by atoms with van der Waals surface area (Å²) in [5, 5.41) is 41.0. The Hall–Kier alpha value is -1.68. The highest BCUT2D eigenvalue weighted by Crippen LogP contribution is 2.51. The number of benzene rings is 1. The van der Waals surface area contributed by atoms with Crippen LogP contribution in [0.4, 0.5) is 0 Å². The second-order valence-corrected chi connectivity index (χ2v) is 10.4. The van der Waals surface area contributed by atoms with E-state index in [1.54, 1.807) is 0 Å². The van der Waals surface area contributed by atoms with Crippen molar-refractivity contribution in [1.29, 1.82) is 0 Å². The number of aliphatic hydroxyl groups is 4. The van der Waals surface area contributed by atoms with Crippen LogP contribution in [0.5, 0.6) is 5.75 Å². The Kier molecular flexibility index (Phi) is 5.44. The zero-order valence-electron chi connectivity index (χ0n) is 18.9. The van der Waals surface area contributed by atoms with E-state index in [-0.39, 0.29) is 0 Å². The van der Waals surface area contributed by atoms with Gasteiger partial charge in [0, 0.05) is 41.6 Å². The van der Waals surface area contributed by atoms with Crippen molar-refractivity contribution in [3.05, 3.63) is 29.5 Å². The topological polar surface area (TPSA) is 118 Å². The molecule has 1 aromatic carbocycles. The molecule has 0 radical (unpaired) electrons. The summed E-state index contributed by atoms with van der Waals surface area (Å²) in [6.45, 7) is 4.15. The molecule has 3 saturated heterocycles. The van der Waals surface area contributed by atoms with Crippen molar-refractivity contribution in [1.82, 2.24) is 9.88 Å². The predicted molar refractivity (Wildman–Crippen MR) is 121 cm³/mol. The maximum Gasteiger partial charge on any atom is 0.229 e. The highest BCUT2D eigenvalue weighted by atomic mass is 16.7. The largest absolute Gasteiger partial charge is 0.462 e. The molecule has 0 spiro atoms. The Balaban J connectivity index is 1.31. The van der Waals surface area contributed by atoms with Crippen molar-refractivity contribution in [2.45, 2.75) is 75.3 Å². The first-order chi connectivity index (χ1) is 16.0. The van der Waals surface area contributed by atoms with Crippen LogP contribution in [0, 0.1) is 11.8 Å². The van der Waals surface area contributed by atoms with Gasteiger partial charge in [-0.1, -0.05) is 13.3 Å². The summed E-state index contributed by atoms with van der Waals surface area (Å²) in [6, 6.07) is 6.43. The van der Waals surface area contributed by atoms with Crippen LogP contribution in [0.2, 0.25) is 0 Å². The minimum absolute atomic E-state index is 0.478. The Morgan fingerprint density at radius 3 is 2.79 bits per heavy atom. The van der Waals surface area contributed by atoms with Crippen LogP contribution in [0.3, 0.4) is 0 Å². The number of aliphatic hydroxyl groups excluding tert-OH is 4. The molecule has 1 aliphatic carbocycles. The molecule has 4 fully saturated rings. The number of hydrogen-bond donors (Lipinski definition) is 5. The second-order valence-electron chi connectivity index (χ2n) is 10.4. The Bertz CT molecular complexity index is 1020. The molecule has 0 amide bonds. The van der Waals surface area contributed by atoms with Gasteiger partial charge in [0.2, 0.25) is 6.29 Å². The highest BCUT2D eigenvalue weighted by Gasteiger charge is 2.49. The molecule has 5 aliphatic rings. The van der Waals surface area contributed by atoms with E-state index in [1.165, 1.54) is 37.1 Å². The fourth-order valence-corrected chi connectivity index (χ4v) is 7.04. The van der Waals surface area contributed by atoms with Crippen molar-refractivity contribution in [2.75, 3.05) is 19.7 Å². The van der Waals surface area contributed by atoms with Gasteiger partial charge >= 0.3 is 0 Å². The lowest BCUT2D eigenvalue weighted by molar-refractivity contribution is -0.277. The molecular formula is C25H34N2O6. The summed E-state index contributed by atoms with van der Waals surface area (Å²) < 4.78 is 11.4. The maximum absolute atomic E-state index is 10.3. The van der Waals surface area contributed by atoms with Gasteiger partial charge in [0.05, 0.1) is 6.61 Å². The van der Waals surface area contributed by atoms with Gasteiger partial charge in [-0.15, -0.1) is 0 Å². The number of aromatic nitrogens is 1. The normalized spacial score (nSPS) is 42.2. The van der Waals surface area contributed by atoms with Crippen LogP contribution in [-0.4, -0.2) is 86.8 Å². The summed E-state index contributed by atoms with van der Waals surface area (Å²) in [5.74, 6) is 2.62. The van der Waals surface area contributed by atoms with Gasteiger partial charge in [0.1, 0.15) is 30.2 Å². The van der Waals surface area contributed by atoms with E-state index < -0.39 is 37.3 Å². The molecule has 8 nitrogen and oxygen atoms in total. The molecule has 1 aromatic heterocycles. The number of fused-ring (bicyclic) bond motifs is 4. The van der Waals surface area contributed by atoms with E-state index in [1.807, 2.05) is 18.2 Å². The van der Waals surface area contributed by atoms with Gasteiger partial charge < -0.3 is 34.9 Å². The minimum Gasteiger partial charge on any atom is -0.462 e. The van der Waals surface area contributed by atoms with Gasteiger partial charge in [-0.25, -0.2) is 0 Å². The number of H-pyrrole nitrogens is 1.